The standard InChI is InChI=1S/C17H23NO2S/c19-17(20)8-7-15-5-6-16(21-15)12-18-10-9-13-3-1-2-4-14(13)11-18/h5-8,13-14H,1-4,9-12H2,(H,19,20). The Morgan fingerprint density at radius 2 is 2.10 bits per heavy atom. The van der Waals surface area contributed by atoms with Gasteiger partial charge in [0.25, 0.3) is 0 Å². The number of nitrogens with zero attached hydrogens (tertiary/aromatic N) is 1. The maximum absolute atomic E-state index is 10.5. The monoisotopic (exact) mass is 305 g/mol. The Morgan fingerprint density at radius 3 is 2.90 bits per heavy atom. The molecular formula is C17H23NO2S. The first kappa shape index (κ1) is 14.8. The predicted octanol–water partition coefficient (Wildman–Crippen LogP) is 3.86. The van der Waals surface area contributed by atoms with Gasteiger partial charge in [0.1, 0.15) is 0 Å². The van der Waals surface area contributed by atoms with Gasteiger partial charge in [-0.3, -0.25) is 4.90 Å². The SMILES string of the molecule is O=C(O)C=Cc1ccc(CN2CCC3CCCCC3C2)s1. The van der Waals surface area contributed by atoms with Crippen molar-refractivity contribution in [1.82, 2.24) is 4.90 Å². The number of hydrogen-bond donors (Lipinski definition) is 1. The molecule has 1 aliphatic carbocycles. The summed E-state index contributed by atoms with van der Waals surface area (Å²) in [6.45, 7) is 3.50. The normalized spacial score (nSPS) is 26.9. The fourth-order valence-corrected chi connectivity index (χ4v) is 4.72. The third-order valence-electron chi connectivity index (χ3n) is 4.83. The first-order chi connectivity index (χ1) is 10.2. The van der Waals surface area contributed by atoms with E-state index in [2.05, 4.69) is 11.0 Å². The Bertz CT molecular complexity index is 523. The van der Waals surface area contributed by atoms with E-state index in [1.54, 1.807) is 17.4 Å². The average Bonchev–Trinajstić information content (AvgIpc) is 2.92. The Labute approximate surface area is 130 Å². The van der Waals surface area contributed by atoms with Gasteiger partial charge in [-0.05, 0) is 49.4 Å². The van der Waals surface area contributed by atoms with Gasteiger partial charge in [-0.1, -0.05) is 19.3 Å². The van der Waals surface area contributed by atoms with Crippen LogP contribution >= 0.6 is 11.3 Å². The second kappa shape index (κ2) is 6.75. The lowest BCUT2D eigenvalue weighted by atomic mass is 9.75. The molecule has 1 aromatic rings. The summed E-state index contributed by atoms with van der Waals surface area (Å²) in [6.07, 6.45) is 9.97. The Balaban J connectivity index is 1.56. The predicted molar refractivity (Wildman–Crippen MR) is 86.3 cm³/mol. The third-order valence-corrected chi connectivity index (χ3v) is 5.86. The van der Waals surface area contributed by atoms with Crippen LogP contribution in [-0.2, 0) is 11.3 Å². The van der Waals surface area contributed by atoms with Gasteiger partial charge in [-0.25, -0.2) is 4.79 Å². The van der Waals surface area contributed by atoms with Gasteiger partial charge in [0.2, 0.25) is 0 Å². The van der Waals surface area contributed by atoms with E-state index in [-0.39, 0.29) is 0 Å². The zero-order valence-electron chi connectivity index (χ0n) is 12.3. The van der Waals surface area contributed by atoms with Crippen LogP contribution in [0.5, 0.6) is 0 Å². The van der Waals surface area contributed by atoms with Crippen molar-refractivity contribution in [3.63, 3.8) is 0 Å². The second-order valence-corrected chi connectivity index (χ2v) is 7.50. The molecule has 3 rings (SSSR count). The molecule has 2 unspecified atom stereocenters. The molecule has 0 spiro atoms. The van der Waals surface area contributed by atoms with Gasteiger partial charge in [0, 0.05) is 28.9 Å². The second-order valence-electron chi connectivity index (χ2n) is 6.30. The lowest BCUT2D eigenvalue weighted by Crippen LogP contribution is -2.41. The van der Waals surface area contributed by atoms with E-state index in [1.807, 2.05) is 6.07 Å². The highest BCUT2D eigenvalue weighted by Crippen LogP contribution is 2.36. The van der Waals surface area contributed by atoms with Crippen LogP contribution in [0.3, 0.4) is 0 Å². The van der Waals surface area contributed by atoms with Crippen molar-refractivity contribution in [3.05, 3.63) is 28.0 Å². The summed E-state index contributed by atoms with van der Waals surface area (Å²) >= 11 is 1.71. The number of carboxylic acids is 1. The summed E-state index contributed by atoms with van der Waals surface area (Å²) in [6, 6.07) is 4.16. The van der Waals surface area contributed by atoms with Crippen molar-refractivity contribution in [2.75, 3.05) is 13.1 Å². The lowest BCUT2D eigenvalue weighted by Gasteiger charge is -2.41. The minimum atomic E-state index is -0.885. The summed E-state index contributed by atoms with van der Waals surface area (Å²) < 4.78 is 0. The van der Waals surface area contributed by atoms with E-state index in [0.717, 1.165) is 23.3 Å². The number of rotatable bonds is 4. The van der Waals surface area contributed by atoms with E-state index >= 15 is 0 Å². The van der Waals surface area contributed by atoms with E-state index in [4.69, 9.17) is 5.11 Å². The highest BCUT2D eigenvalue weighted by Gasteiger charge is 2.30. The molecule has 1 aromatic heterocycles. The third kappa shape index (κ3) is 3.95. The first-order valence-electron chi connectivity index (χ1n) is 7.93. The van der Waals surface area contributed by atoms with Crippen LogP contribution in [0.2, 0.25) is 0 Å². The molecule has 2 aliphatic rings. The number of carbonyl (C=O) groups is 1. The van der Waals surface area contributed by atoms with Crippen LogP contribution in [0.15, 0.2) is 18.2 Å². The molecular weight excluding hydrogens is 282 g/mol. The topological polar surface area (TPSA) is 40.5 Å². The molecule has 1 saturated heterocycles. The van der Waals surface area contributed by atoms with E-state index in [0.29, 0.717) is 0 Å². The molecule has 2 fully saturated rings. The summed E-state index contributed by atoms with van der Waals surface area (Å²) in [5.41, 5.74) is 0. The molecule has 1 aliphatic heterocycles. The lowest BCUT2D eigenvalue weighted by molar-refractivity contribution is -0.131. The number of thiophene rings is 1. The molecule has 0 amide bonds. The van der Waals surface area contributed by atoms with Crippen molar-refractivity contribution in [1.29, 1.82) is 0 Å². The minimum absolute atomic E-state index is 0.885. The Kier molecular flexibility index (Phi) is 4.76. The summed E-state index contributed by atoms with van der Waals surface area (Å²) in [5.74, 6) is 1.01. The zero-order chi connectivity index (χ0) is 14.7. The number of aliphatic carboxylic acids is 1. The molecule has 114 valence electrons. The van der Waals surface area contributed by atoms with Gasteiger partial charge in [-0.15, -0.1) is 11.3 Å². The van der Waals surface area contributed by atoms with Crippen molar-refractivity contribution >= 4 is 23.4 Å². The van der Waals surface area contributed by atoms with Gasteiger partial charge >= 0.3 is 5.97 Å². The smallest absolute Gasteiger partial charge is 0.328 e. The van der Waals surface area contributed by atoms with Crippen LogP contribution < -0.4 is 0 Å². The molecule has 1 N–H and O–H groups in total. The quantitative estimate of drug-likeness (QED) is 0.859. The highest BCUT2D eigenvalue weighted by atomic mass is 32.1. The fourth-order valence-electron chi connectivity index (χ4n) is 3.76. The Hall–Kier alpha value is -1.13. The fraction of sp³-hybridized carbons (Fsp3) is 0.588. The van der Waals surface area contributed by atoms with Crippen molar-refractivity contribution < 1.29 is 9.90 Å². The number of hydrogen-bond acceptors (Lipinski definition) is 3. The molecule has 3 nitrogen and oxygen atoms in total. The van der Waals surface area contributed by atoms with Gasteiger partial charge in [-0.2, -0.15) is 0 Å². The molecule has 0 radical (unpaired) electrons. The van der Waals surface area contributed by atoms with E-state index in [9.17, 15) is 4.79 Å². The maximum Gasteiger partial charge on any atom is 0.328 e. The van der Waals surface area contributed by atoms with Gasteiger partial charge in [0.05, 0.1) is 0 Å². The van der Waals surface area contributed by atoms with Crippen LogP contribution in [0.25, 0.3) is 6.08 Å². The molecule has 1 saturated carbocycles. The molecule has 0 aromatic carbocycles. The first-order valence-corrected chi connectivity index (χ1v) is 8.74. The molecule has 21 heavy (non-hydrogen) atoms. The largest absolute Gasteiger partial charge is 0.478 e. The average molecular weight is 305 g/mol. The van der Waals surface area contributed by atoms with E-state index < -0.39 is 5.97 Å². The summed E-state index contributed by atoms with van der Waals surface area (Å²) in [4.78, 5) is 15.5. The van der Waals surface area contributed by atoms with E-state index in [1.165, 1.54) is 56.1 Å². The number of likely N-dealkylation sites (tertiary alicyclic amines) is 1. The number of fused-ring (bicyclic) bond motifs is 1. The molecule has 2 atom stereocenters. The van der Waals surface area contributed by atoms with Crippen LogP contribution in [0, 0.1) is 11.8 Å². The summed E-state index contributed by atoms with van der Waals surface area (Å²) in [7, 11) is 0. The molecule has 0 bridgehead atoms. The van der Waals surface area contributed by atoms with Gasteiger partial charge in [0.15, 0.2) is 0 Å². The molecule has 4 heteroatoms. The highest BCUT2D eigenvalue weighted by molar-refractivity contribution is 7.12. The van der Waals surface area contributed by atoms with Crippen molar-refractivity contribution in [3.8, 4) is 0 Å². The van der Waals surface area contributed by atoms with Crippen LogP contribution in [-0.4, -0.2) is 29.1 Å². The van der Waals surface area contributed by atoms with Crippen molar-refractivity contribution in [2.24, 2.45) is 11.8 Å². The van der Waals surface area contributed by atoms with Crippen LogP contribution in [0.4, 0.5) is 0 Å². The Morgan fingerprint density at radius 1 is 1.29 bits per heavy atom. The number of piperidine rings is 1. The number of carboxylic acid groups (broad SMARTS) is 1. The minimum Gasteiger partial charge on any atom is -0.478 e. The van der Waals surface area contributed by atoms with Gasteiger partial charge < -0.3 is 5.11 Å². The maximum atomic E-state index is 10.5. The summed E-state index contributed by atoms with van der Waals surface area (Å²) in [5, 5.41) is 8.66. The van der Waals surface area contributed by atoms with Crippen molar-refractivity contribution in [2.45, 2.75) is 38.6 Å². The zero-order valence-corrected chi connectivity index (χ0v) is 13.1. The van der Waals surface area contributed by atoms with Crippen LogP contribution in [0.1, 0.15) is 41.9 Å². The molecule has 2 heterocycles.